The fraction of sp³-hybridized carbons (Fsp3) is 0.143. The van der Waals surface area contributed by atoms with E-state index in [-0.39, 0.29) is 16.4 Å². The Bertz CT molecular complexity index is 1580. The molecule has 3 aromatic carbocycles. The molecule has 1 heterocycles. The molecule has 10 heteroatoms. The van der Waals surface area contributed by atoms with E-state index in [1.54, 1.807) is 65.2 Å². The van der Waals surface area contributed by atoms with Gasteiger partial charge in [0.25, 0.3) is 15.9 Å². The number of nitrogens with zero attached hydrogens (tertiary/aromatic N) is 3. The van der Waals surface area contributed by atoms with E-state index in [0.29, 0.717) is 17.0 Å². The summed E-state index contributed by atoms with van der Waals surface area (Å²) >= 11 is 0. The van der Waals surface area contributed by atoms with Crippen LogP contribution in [0.15, 0.2) is 94.9 Å². The van der Waals surface area contributed by atoms with Crippen LogP contribution in [0.3, 0.4) is 0 Å². The molecule has 0 aliphatic heterocycles. The Morgan fingerprint density at radius 2 is 1.68 bits per heavy atom. The summed E-state index contributed by atoms with van der Waals surface area (Å²) < 4.78 is 49.5. The number of carbonyl (C=O) groups is 1. The van der Waals surface area contributed by atoms with E-state index in [9.17, 15) is 17.6 Å². The highest BCUT2D eigenvalue weighted by atomic mass is 32.2. The number of nitrogens with one attached hydrogen (secondary N) is 1. The Hall–Kier alpha value is -4.44. The van der Waals surface area contributed by atoms with Gasteiger partial charge in [-0.25, -0.2) is 18.2 Å². The number of methoxy groups -OCH3 is 1. The van der Waals surface area contributed by atoms with E-state index in [4.69, 9.17) is 4.74 Å². The number of carbonyl (C=O) groups excluding carboxylic acids is 1. The molecule has 196 valence electrons. The fourth-order valence-electron chi connectivity index (χ4n) is 4.12. The Morgan fingerprint density at radius 3 is 2.39 bits per heavy atom. The number of halogens is 1. The van der Waals surface area contributed by atoms with Crippen molar-refractivity contribution >= 4 is 27.8 Å². The van der Waals surface area contributed by atoms with E-state index < -0.39 is 22.5 Å². The molecule has 0 atom stereocenters. The van der Waals surface area contributed by atoms with Crippen molar-refractivity contribution < 1.29 is 22.3 Å². The number of benzene rings is 3. The van der Waals surface area contributed by atoms with Crippen LogP contribution in [0, 0.1) is 19.7 Å². The molecule has 0 aliphatic carbocycles. The van der Waals surface area contributed by atoms with E-state index in [1.807, 2.05) is 19.9 Å². The van der Waals surface area contributed by atoms with Gasteiger partial charge in [-0.2, -0.15) is 5.10 Å². The minimum atomic E-state index is -4.10. The number of hydrogen-bond donors (Lipinski definition) is 1. The Morgan fingerprint density at radius 1 is 1.03 bits per heavy atom. The van der Waals surface area contributed by atoms with Gasteiger partial charge in [-0.15, -0.1) is 0 Å². The molecule has 4 rings (SSSR count). The molecule has 0 aliphatic rings. The van der Waals surface area contributed by atoms with Crippen LogP contribution in [0.5, 0.6) is 5.75 Å². The third-order valence-electron chi connectivity index (χ3n) is 5.93. The highest BCUT2D eigenvalue weighted by molar-refractivity contribution is 7.92. The van der Waals surface area contributed by atoms with Gasteiger partial charge in [0.2, 0.25) is 0 Å². The lowest BCUT2D eigenvalue weighted by Gasteiger charge is -2.25. The summed E-state index contributed by atoms with van der Waals surface area (Å²) in [6.07, 6.45) is 1.44. The summed E-state index contributed by atoms with van der Waals surface area (Å²) in [6, 6.07) is 22.6. The van der Waals surface area contributed by atoms with Gasteiger partial charge in [0.1, 0.15) is 18.1 Å². The molecule has 1 N–H and O–H groups in total. The highest BCUT2D eigenvalue weighted by Gasteiger charge is 2.29. The van der Waals surface area contributed by atoms with E-state index in [1.165, 1.54) is 31.5 Å². The van der Waals surface area contributed by atoms with Crippen molar-refractivity contribution in [2.75, 3.05) is 18.0 Å². The van der Waals surface area contributed by atoms with Gasteiger partial charge in [-0.05, 0) is 56.3 Å². The maximum atomic E-state index is 14.4. The second-order valence-corrected chi connectivity index (χ2v) is 10.3. The molecular formula is C28H27FN4O4S. The van der Waals surface area contributed by atoms with Crippen LogP contribution in [-0.2, 0) is 14.8 Å². The average Bonchev–Trinajstić information content (AvgIpc) is 3.20. The van der Waals surface area contributed by atoms with Crippen LogP contribution in [0.1, 0.15) is 17.0 Å². The molecule has 0 fully saturated rings. The molecule has 0 saturated carbocycles. The summed E-state index contributed by atoms with van der Waals surface area (Å²) in [4.78, 5) is 12.9. The predicted molar refractivity (Wildman–Crippen MR) is 145 cm³/mol. The summed E-state index contributed by atoms with van der Waals surface area (Å²) in [5.74, 6) is -0.722. The lowest BCUT2D eigenvalue weighted by atomic mass is 10.2. The number of aryl methyl sites for hydroxylation is 1. The van der Waals surface area contributed by atoms with Gasteiger partial charge in [0.15, 0.2) is 0 Å². The number of sulfonamides is 1. The topological polar surface area (TPSA) is 93.0 Å². The van der Waals surface area contributed by atoms with Gasteiger partial charge in [0.05, 0.1) is 29.6 Å². The smallest absolute Gasteiger partial charge is 0.264 e. The third kappa shape index (κ3) is 5.45. The summed E-state index contributed by atoms with van der Waals surface area (Å²) in [5, 5.41) is 4.03. The number of rotatable bonds is 9. The third-order valence-corrected chi connectivity index (χ3v) is 7.70. The molecule has 0 bridgehead atoms. The van der Waals surface area contributed by atoms with Gasteiger partial charge in [0, 0.05) is 17.0 Å². The molecular weight excluding hydrogens is 507 g/mol. The zero-order valence-electron chi connectivity index (χ0n) is 21.1. The van der Waals surface area contributed by atoms with E-state index in [0.717, 1.165) is 15.7 Å². The number of anilines is 1. The quantitative estimate of drug-likeness (QED) is 0.251. The van der Waals surface area contributed by atoms with Crippen LogP contribution in [0.25, 0.3) is 5.69 Å². The maximum Gasteiger partial charge on any atom is 0.264 e. The Balaban J connectivity index is 1.58. The zero-order chi connectivity index (χ0) is 27.3. The molecule has 0 saturated heterocycles. The molecule has 0 spiro atoms. The molecule has 38 heavy (non-hydrogen) atoms. The number of ether oxygens (including phenoxy) is 1. The van der Waals surface area contributed by atoms with Crippen molar-refractivity contribution in [2.24, 2.45) is 5.10 Å². The Labute approximate surface area is 221 Å². The lowest BCUT2D eigenvalue weighted by molar-refractivity contribution is -0.119. The average molecular weight is 535 g/mol. The molecule has 0 unspecified atom stereocenters. The highest BCUT2D eigenvalue weighted by Crippen LogP contribution is 2.32. The standard InChI is InChI=1S/C28H27FN4O4S/c1-20-17-22(21(2)33(20)25-14-8-7-13-24(25)29)18-30-31-28(34)19-32(26-15-9-10-16-27(26)37-3)38(35,36)23-11-5-4-6-12-23/h4-18H,19H2,1-3H3,(H,31,34)/b30-18+. The number of amides is 1. The lowest BCUT2D eigenvalue weighted by Crippen LogP contribution is -2.39. The summed E-state index contributed by atoms with van der Waals surface area (Å²) in [7, 11) is -2.68. The summed E-state index contributed by atoms with van der Waals surface area (Å²) in [5.41, 5.74) is 5.21. The summed E-state index contributed by atoms with van der Waals surface area (Å²) in [6.45, 7) is 3.12. The first-order valence-electron chi connectivity index (χ1n) is 11.7. The molecule has 8 nitrogen and oxygen atoms in total. The number of para-hydroxylation sites is 3. The molecule has 1 amide bonds. The van der Waals surface area contributed by atoms with Crippen LogP contribution in [-0.4, -0.2) is 38.8 Å². The van der Waals surface area contributed by atoms with Gasteiger partial charge in [-0.1, -0.05) is 42.5 Å². The van der Waals surface area contributed by atoms with Crippen molar-refractivity contribution in [1.29, 1.82) is 0 Å². The van der Waals surface area contributed by atoms with Crippen molar-refractivity contribution in [3.63, 3.8) is 0 Å². The maximum absolute atomic E-state index is 14.4. The Kier molecular flexibility index (Phi) is 7.92. The van der Waals surface area contributed by atoms with Crippen molar-refractivity contribution in [3.05, 3.63) is 108 Å². The second-order valence-electron chi connectivity index (χ2n) is 8.40. The molecule has 0 radical (unpaired) electrons. The first-order chi connectivity index (χ1) is 18.2. The van der Waals surface area contributed by atoms with Crippen molar-refractivity contribution in [2.45, 2.75) is 18.7 Å². The number of aromatic nitrogens is 1. The monoisotopic (exact) mass is 534 g/mol. The van der Waals surface area contributed by atoms with Crippen molar-refractivity contribution in [3.8, 4) is 11.4 Å². The second kappa shape index (κ2) is 11.3. The number of hydrogen-bond acceptors (Lipinski definition) is 5. The fourth-order valence-corrected chi connectivity index (χ4v) is 5.57. The minimum absolute atomic E-state index is 0.0304. The van der Waals surface area contributed by atoms with Gasteiger partial charge < -0.3 is 9.30 Å². The minimum Gasteiger partial charge on any atom is -0.495 e. The van der Waals surface area contributed by atoms with E-state index >= 15 is 0 Å². The zero-order valence-corrected chi connectivity index (χ0v) is 21.9. The van der Waals surface area contributed by atoms with Crippen LogP contribution < -0.4 is 14.5 Å². The largest absolute Gasteiger partial charge is 0.495 e. The SMILES string of the molecule is COc1ccccc1N(CC(=O)N/N=C/c1cc(C)n(-c2ccccc2F)c1C)S(=O)(=O)c1ccccc1. The van der Waals surface area contributed by atoms with Crippen LogP contribution in [0.2, 0.25) is 0 Å². The predicted octanol–water partition coefficient (Wildman–Crippen LogP) is 4.59. The van der Waals surface area contributed by atoms with Crippen LogP contribution in [0.4, 0.5) is 10.1 Å². The molecule has 4 aromatic rings. The first-order valence-corrected chi connectivity index (χ1v) is 13.1. The van der Waals surface area contributed by atoms with Gasteiger partial charge >= 0.3 is 0 Å². The van der Waals surface area contributed by atoms with Gasteiger partial charge in [-0.3, -0.25) is 9.10 Å². The van der Waals surface area contributed by atoms with Crippen LogP contribution >= 0.6 is 0 Å². The first kappa shape index (κ1) is 26.6. The molecule has 1 aromatic heterocycles. The number of hydrazone groups is 1. The normalized spacial score (nSPS) is 11.5. The van der Waals surface area contributed by atoms with E-state index in [2.05, 4.69) is 10.5 Å². The van der Waals surface area contributed by atoms with Crippen molar-refractivity contribution in [1.82, 2.24) is 9.99 Å².